The summed E-state index contributed by atoms with van der Waals surface area (Å²) in [5.41, 5.74) is 7.70. The molecule has 1 fully saturated rings. The smallest absolute Gasteiger partial charge is 0.248 e. The molecule has 0 aromatic heterocycles. The predicted molar refractivity (Wildman–Crippen MR) is 154 cm³/mol. The van der Waals surface area contributed by atoms with Gasteiger partial charge in [-0.2, -0.15) is 0 Å². The minimum Gasteiger partial charge on any atom is -0.350 e. The molecule has 8 nitrogen and oxygen atoms in total. The Labute approximate surface area is 234 Å². The molecule has 1 aromatic carbocycles. The van der Waals surface area contributed by atoms with Gasteiger partial charge in [0.25, 0.3) is 0 Å². The number of Topliss-reactive ketones (excluding diaryl/α,β-unsaturated/α-hetero) is 1. The molecule has 2 amide bonds. The number of carbonyl (C=O) groups excluding carboxylic acids is 3. The van der Waals surface area contributed by atoms with Gasteiger partial charge in [-0.05, 0) is 49.0 Å². The molecular weight excluding hydrogens is 494 g/mol. The van der Waals surface area contributed by atoms with Crippen molar-refractivity contribution in [1.82, 2.24) is 16.3 Å². The standard InChI is InChI=1S/C31H49N3O5/c1-22(2)19-27(35)31(20-23(3)4,30(37)33-32-21-24(5)6)26(16-12-15-25-13-8-7-9-14-25)29(36)34-39-28-17-10-11-18-38-28/h7-9,12-15,22-24,26,28,32H,10-11,16-21H2,1-6H3,(H,33,37)(H,34,36)/t26-,28?,31-/m1/s1. The van der Waals surface area contributed by atoms with Crippen molar-refractivity contribution in [3.63, 3.8) is 0 Å². The van der Waals surface area contributed by atoms with E-state index in [1.54, 1.807) is 0 Å². The van der Waals surface area contributed by atoms with Gasteiger partial charge in [0.1, 0.15) is 11.2 Å². The lowest BCUT2D eigenvalue weighted by molar-refractivity contribution is -0.204. The first-order chi connectivity index (χ1) is 18.6. The van der Waals surface area contributed by atoms with Crippen molar-refractivity contribution < 1.29 is 24.0 Å². The van der Waals surface area contributed by atoms with Gasteiger partial charge < -0.3 is 4.74 Å². The monoisotopic (exact) mass is 543 g/mol. The van der Waals surface area contributed by atoms with Crippen LogP contribution in [0.5, 0.6) is 0 Å². The lowest BCUT2D eigenvalue weighted by Crippen LogP contribution is -2.59. The number of allylic oxidation sites excluding steroid dienone is 1. The highest BCUT2D eigenvalue weighted by Crippen LogP contribution is 2.41. The van der Waals surface area contributed by atoms with Crippen molar-refractivity contribution in [2.24, 2.45) is 29.1 Å². The quantitative estimate of drug-likeness (QED) is 0.195. The number of hydroxylamine groups is 1. The highest BCUT2D eigenvalue weighted by molar-refractivity contribution is 6.09. The third-order valence-corrected chi connectivity index (χ3v) is 6.76. The fourth-order valence-corrected chi connectivity index (χ4v) is 4.91. The maximum Gasteiger partial charge on any atom is 0.248 e. The first-order valence-corrected chi connectivity index (χ1v) is 14.4. The van der Waals surface area contributed by atoms with E-state index in [2.05, 4.69) is 16.3 Å². The molecule has 1 saturated heterocycles. The molecule has 0 aliphatic carbocycles. The molecule has 1 heterocycles. The topological polar surface area (TPSA) is 106 Å². The van der Waals surface area contributed by atoms with Gasteiger partial charge in [0.2, 0.25) is 11.8 Å². The number of benzene rings is 1. The molecule has 1 unspecified atom stereocenters. The van der Waals surface area contributed by atoms with Gasteiger partial charge >= 0.3 is 0 Å². The van der Waals surface area contributed by atoms with Crippen LogP contribution in [0, 0.1) is 29.1 Å². The van der Waals surface area contributed by atoms with Gasteiger partial charge in [-0.1, -0.05) is 84.0 Å². The van der Waals surface area contributed by atoms with Crippen LogP contribution in [-0.4, -0.2) is 37.0 Å². The highest BCUT2D eigenvalue weighted by atomic mass is 16.8. The zero-order chi connectivity index (χ0) is 28.8. The van der Waals surface area contributed by atoms with Crippen LogP contribution in [0.4, 0.5) is 0 Å². The van der Waals surface area contributed by atoms with Crippen molar-refractivity contribution in [3.8, 4) is 0 Å². The fourth-order valence-electron chi connectivity index (χ4n) is 4.91. The van der Waals surface area contributed by atoms with E-state index in [0.29, 0.717) is 19.6 Å². The van der Waals surface area contributed by atoms with E-state index in [-0.39, 0.29) is 42.8 Å². The molecule has 218 valence electrons. The molecule has 3 N–H and O–H groups in total. The van der Waals surface area contributed by atoms with E-state index < -0.39 is 29.4 Å². The SMILES string of the molecule is CC(C)CNNC(=O)[C@@](CC(C)C)(C(=O)CC(C)C)[C@H](CC=Cc1ccccc1)C(=O)NOC1CCCCO1. The van der Waals surface area contributed by atoms with Gasteiger partial charge in [0.05, 0.1) is 5.92 Å². The number of ketones is 1. The Morgan fingerprint density at radius 1 is 1.03 bits per heavy atom. The van der Waals surface area contributed by atoms with Crippen molar-refractivity contribution in [2.45, 2.75) is 86.4 Å². The highest BCUT2D eigenvalue weighted by Gasteiger charge is 2.54. The molecule has 3 atom stereocenters. The van der Waals surface area contributed by atoms with E-state index in [9.17, 15) is 14.4 Å². The second-order valence-corrected chi connectivity index (χ2v) is 11.8. The van der Waals surface area contributed by atoms with Crippen LogP contribution in [0.15, 0.2) is 36.4 Å². The summed E-state index contributed by atoms with van der Waals surface area (Å²) >= 11 is 0. The summed E-state index contributed by atoms with van der Waals surface area (Å²) < 4.78 is 5.61. The molecular formula is C31H49N3O5. The number of ether oxygens (including phenoxy) is 1. The van der Waals surface area contributed by atoms with E-state index >= 15 is 0 Å². The minimum atomic E-state index is -1.59. The summed E-state index contributed by atoms with van der Waals surface area (Å²) in [5, 5.41) is 0. The summed E-state index contributed by atoms with van der Waals surface area (Å²) in [6.07, 6.45) is 6.38. The molecule has 0 bridgehead atoms. The zero-order valence-electron chi connectivity index (χ0n) is 24.6. The Balaban J connectivity index is 2.49. The average Bonchev–Trinajstić information content (AvgIpc) is 2.89. The number of amides is 2. The van der Waals surface area contributed by atoms with Crippen molar-refractivity contribution in [1.29, 1.82) is 0 Å². The van der Waals surface area contributed by atoms with Gasteiger partial charge in [-0.25, -0.2) is 15.7 Å². The van der Waals surface area contributed by atoms with E-state index in [1.165, 1.54) is 0 Å². The van der Waals surface area contributed by atoms with Crippen molar-refractivity contribution >= 4 is 23.7 Å². The van der Waals surface area contributed by atoms with Crippen LogP contribution < -0.4 is 16.3 Å². The maximum atomic E-state index is 14.1. The largest absolute Gasteiger partial charge is 0.350 e. The Kier molecular flexibility index (Phi) is 13.8. The second-order valence-electron chi connectivity index (χ2n) is 11.8. The molecule has 0 saturated carbocycles. The Morgan fingerprint density at radius 3 is 2.33 bits per heavy atom. The molecule has 1 aliphatic heterocycles. The summed E-state index contributed by atoms with van der Waals surface area (Å²) in [6, 6.07) is 9.73. The van der Waals surface area contributed by atoms with Gasteiger partial charge in [0, 0.05) is 26.0 Å². The first kappa shape index (κ1) is 32.7. The van der Waals surface area contributed by atoms with Gasteiger partial charge in [-0.15, -0.1) is 0 Å². The molecule has 2 rings (SSSR count). The fraction of sp³-hybridized carbons (Fsp3) is 0.645. The summed E-state index contributed by atoms with van der Waals surface area (Å²) in [7, 11) is 0. The number of carbonyl (C=O) groups is 3. The summed E-state index contributed by atoms with van der Waals surface area (Å²) in [5.74, 6) is -1.92. The first-order valence-electron chi connectivity index (χ1n) is 14.4. The molecule has 0 spiro atoms. The predicted octanol–water partition coefficient (Wildman–Crippen LogP) is 5.21. The van der Waals surface area contributed by atoms with Gasteiger partial charge in [-0.3, -0.25) is 19.8 Å². The minimum absolute atomic E-state index is 0.0204. The van der Waals surface area contributed by atoms with E-state index in [1.807, 2.05) is 84.0 Å². The number of rotatable bonds is 16. The summed E-state index contributed by atoms with van der Waals surface area (Å²) in [6.45, 7) is 13.0. The Morgan fingerprint density at radius 2 is 1.74 bits per heavy atom. The Bertz CT molecular complexity index is 925. The third kappa shape index (κ3) is 10.5. The van der Waals surface area contributed by atoms with Crippen LogP contribution in [0.3, 0.4) is 0 Å². The van der Waals surface area contributed by atoms with Crippen molar-refractivity contribution in [2.75, 3.05) is 13.2 Å². The van der Waals surface area contributed by atoms with Crippen LogP contribution >= 0.6 is 0 Å². The van der Waals surface area contributed by atoms with E-state index in [0.717, 1.165) is 18.4 Å². The van der Waals surface area contributed by atoms with Crippen LogP contribution in [-0.2, 0) is 24.0 Å². The summed E-state index contributed by atoms with van der Waals surface area (Å²) in [4.78, 5) is 47.6. The van der Waals surface area contributed by atoms with Crippen LogP contribution in [0.25, 0.3) is 6.08 Å². The van der Waals surface area contributed by atoms with E-state index in [4.69, 9.17) is 9.57 Å². The second kappa shape index (κ2) is 16.5. The molecule has 39 heavy (non-hydrogen) atoms. The number of hydrazine groups is 1. The molecule has 8 heteroatoms. The zero-order valence-corrected chi connectivity index (χ0v) is 24.6. The lowest BCUT2D eigenvalue weighted by atomic mass is 9.63. The molecule has 1 aliphatic rings. The lowest BCUT2D eigenvalue weighted by Gasteiger charge is -2.39. The average molecular weight is 544 g/mol. The normalized spacial score (nSPS) is 18.3. The van der Waals surface area contributed by atoms with Crippen LogP contribution in [0.1, 0.15) is 85.6 Å². The number of hydrogen-bond acceptors (Lipinski definition) is 6. The van der Waals surface area contributed by atoms with Crippen molar-refractivity contribution in [3.05, 3.63) is 42.0 Å². The van der Waals surface area contributed by atoms with Gasteiger partial charge in [0.15, 0.2) is 6.29 Å². The number of hydrogen-bond donors (Lipinski definition) is 3. The van der Waals surface area contributed by atoms with Crippen LogP contribution in [0.2, 0.25) is 0 Å². The third-order valence-electron chi connectivity index (χ3n) is 6.76. The number of nitrogens with one attached hydrogen (secondary N) is 3. The maximum absolute atomic E-state index is 14.1. The molecule has 1 aromatic rings. The Hall–Kier alpha value is -2.55. The molecule has 0 radical (unpaired) electrons.